The van der Waals surface area contributed by atoms with Gasteiger partial charge in [0.25, 0.3) is 6.71 Å². The first kappa shape index (κ1) is 58.6. The molecule has 2 aromatic heterocycles. The summed E-state index contributed by atoms with van der Waals surface area (Å²) in [5, 5.41) is 0. The lowest BCUT2D eigenvalue weighted by atomic mass is 9.33. The molecule has 0 fully saturated rings. The van der Waals surface area contributed by atoms with Gasteiger partial charge in [0.05, 0.1) is 34.2 Å². The van der Waals surface area contributed by atoms with Gasteiger partial charge in [-0.25, -0.2) is 9.97 Å². The first-order valence-electron chi connectivity index (χ1n) is 33.6. The van der Waals surface area contributed by atoms with Gasteiger partial charge in [-0.1, -0.05) is 300 Å². The average Bonchev–Trinajstić information content (AvgIpc) is 0.685. The van der Waals surface area contributed by atoms with Crippen molar-refractivity contribution in [2.45, 2.75) is 26.2 Å². The van der Waals surface area contributed by atoms with Crippen LogP contribution in [0, 0.1) is 0 Å². The van der Waals surface area contributed by atoms with Crippen molar-refractivity contribution >= 4 is 57.2 Å². The molecule has 0 amide bonds. The Morgan fingerprint density at radius 1 is 0.258 bits per heavy atom. The lowest BCUT2D eigenvalue weighted by Crippen LogP contribution is -2.61. The Morgan fingerprint density at radius 2 is 0.557 bits per heavy atom. The van der Waals surface area contributed by atoms with E-state index in [-0.39, 0.29) is 12.1 Å². The van der Waals surface area contributed by atoms with Crippen LogP contribution in [0.5, 0.6) is 0 Å². The van der Waals surface area contributed by atoms with Crippen LogP contribution in [-0.4, -0.2) is 16.7 Å². The highest BCUT2D eigenvalue weighted by atomic mass is 15.2. The molecule has 0 unspecified atom stereocenters. The van der Waals surface area contributed by atoms with E-state index >= 15 is 0 Å². The molecule has 0 saturated heterocycles. The van der Waals surface area contributed by atoms with Crippen LogP contribution >= 0.6 is 0 Å². The number of pyridine rings is 2. The molecule has 2 aliphatic rings. The van der Waals surface area contributed by atoms with Gasteiger partial charge in [-0.2, -0.15) is 0 Å². The van der Waals surface area contributed by atoms with Crippen LogP contribution in [0.25, 0.3) is 112 Å². The molecule has 17 rings (SSSR count). The smallest absolute Gasteiger partial charge is 0.252 e. The molecular formula is C92H67BN4. The van der Waals surface area contributed by atoms with Crippen molar-refractivity contribution in [3.05, 3.63) is 357 Å². The SMILES string of the molecule is CC(C)(C)c1cc2c3c(c1)N(c1ccc(-c4ccccc4)cc1)c1c(ccc(-c4cccc(-c5ccccc5)c4)c1-c1cccc(-c4ccccc4)n1)B3c1ccc(-c3cccc(-c4ccccc4)c3)c(-c3cccc(-c4ccccc4)n3)c1N2c1ccc(-c2ccccc2)cc1. The van der Waals surface area contributed by atoms with Crippen molar-refractivity contribution in [1.29, 1.82) is 0 Å². The van der Waals surface area contributed by atoms with Crippen LogP contribution in [0.4, 0.5) is 34.1 Å². The number of fused-ring (bicyclic) bond motifs is 4. The summed E-state index contributed by atoms with van der Waals surface area (Å²) in [6, 6.07) is 129. The van der Waals surface area contributed by atoms with Crippen molar-refractivity contribution in [2.75, 3.05) is 9.80 Å². The molecule has 5 heteroatoms. The maximum absolute atomic E-state index is 5.81. The number of hydrogen-bond donors (Lipinski definition) is 0. The molecule has 0 saturated carbocycles. The summed E-state index contributed by atoms with van der Waals surface area (Å²) < 4.78 is 0. The Labute approximate surface area is 568 Å². The second-order valence-corrected chi connectivity index (χ2v) is 26.4. The van der Waals surface area contributed by atoms with Gasteiger partial charge in [0, 0.05) is 45.0 Å². The molecule has 97 heavy (non-hydrogen) atoms. The number of nitrogens with zero attached hydrogens (tertiary/aromatic N) is 4. The molecule has 0 bridgehead atoms. The van der Waals surface area contributed by atoms with Gasteiger partial charge in [-0.05, 0) is 167 Å². The van der Waals surface area contributed by atoms with Gasteiger partial charge in [-0.15, -0.1) is 0 Å². The normalized spacial score (nSPS) is 12.2. The zero-order valence-corrected chi connectivity index (χ0v) is 54.4. The first-order chi connectivity index (χ1) is 47.8. The first-order valence-corrected chi connectivity index (χ1v) is 33.6. The van der Waals surface area contributed by atoms with Gasteiger partial charge in [-0.3, -0.25) is 0 Å². The molecule has 0 atom stereocenters. The lowest BCUT2D eigenvalue weighted by Gasteiger charge is -2.46. The largest absolute Gasteiger partial charge is 0.311 e. The zero-order valence-electron chi connectivity index (χ0n) is 54.4. The maximum Gasteiger partial charge on any atom is 0.252 e. The number of benzene rings is 13. The van der Waals surface area contributed by atoms with Gasteiger partial charge in [0.1, 0.15) is 0 Å². The van der Waals surface area contributed by atoms with Crippen molar-refractivity contribution in [3.8, 4) is 112 Å². The third kappa shape index (κ3) is 10.8. The van der Waals surface area contributed by atoms with Crippen molar-refractivity contribution in [3.63, 3.8) is 0 Å². The summed E-state index contributed by atoms with van der Waals surface area (Å²) in [4.78, 5) is 16.8. The second-order valence-electron chi connectivity index (χ2n) is 26.4. The van der Waals surface area contributed by atoms with Gasteiger partial charge in [0.15, 0.2) is 0 Å². The van der Waals surface area contributed by atoms with Crippen LogP contribution in [0.15, 0.2) is 352 Å². The number of rotatable bonds is 12. The van der Waals surface area contributed by atoms with Crippen molar-refractivity contribution in [1.82, 2.24) is 9.97 Å². The average molecular weight is 1240 g/mol. The molecule has 0 aliphatic carbocycles. The fraction of sp³-hybridized carbons (Fsp3) is 0.0435. The van der Waals surface area contributed by atoms with E-state index in [1.54, 1.807) is 0 Å². The number of hydrogen-bond acceptors (Lipinski definition) is 4. The summed E-state index contributed by atoms with van der Waals surface area (Å²) >= 11 is 0. The van der Waals surface area contributed by atoms with E-state index in [0.717, 1.165) is 135 Å². The molecule has 4 nitrogen and oxygen atoms in total. The topological polar surface area (TPSA) is 32.3 Å². The lowest BCUT2D eigenvalue weighted by molar-refractivity contribution is 0.590. The van der Waals surface area contributed by atoms with Crippen molar-refractivity contribution < 1.29 is 0 Å². The second kappa shape index (κ2) is 24.6. The quantitative estimate of drug-likeness (QED) is 0.114. The molecule has 4 heterocycles. The van der Waals surface area contributed by atoms with E-state index in [2.05, 4.69) is 382 Å². The molecule has 2 aliphatic heterocycles. The van der Waals surface area contributed by atoms with E-state index in [9.17, 15) is 0 Å². The molecule has 0 spiro atoms. The highest BCUT2D eigenvalue weighted by Gasteiger charge is 2.47. The third-order valence-electron chi connectivity index (χ3n) is 19.4. The fourth-order valence-corrected chi connectivity index (χ4v) is 14.7. The molecule has 13 aromatic carbocycles. The van der Waals surface area contributed by atoms with Gasteiger partial charge in [0.2, 0.25) is 0 Å². The fourth-order valence-electron chi connectivity index (χ4n) is 14.7. The molecular weight excluding hydrogens is 1170 g/mol. The Bertz CT molecular complexity index is 5070. The van der Waals surface area contributed by atoms with E-state index in [1.165, 1.54) is 33.1 Å². The van der Waals surface area contributed by atoms with E-state index < -0.39 is 0 Å². The Balaban J connectivity index is 1.02. The zero-order chi connectivity index (χ0) is 65.0. The van der Waals surface area contributed by atoms with Crippen LogP contribution < -0.4 is 26.2 Å². The minimum absolute atomic E-state index is 0.301. The summed E-state index contributed by atoms with van der Waals surface area (Å²) in [7, 11) is 0. The number of anilines is 6. The highest BCUT2D eigenvalue weighted by molar-refractivity contribution is 7.00. The summed E-state index contributed by atoms with van der Waals surface area (Å²) in [6.07, 6.45) is 0. The van der Waals surface area contributed by atoms with Crippen LogP contribution in [-0.2, 0) is 5.41 Å². The van der Waals surface area contributed by atoms with Crippen molar-refractivity contribution in [2.24, 2.45) is 0 Å². The minimum atomic E-state index is -0.310. The van der Waals surface area contributed by atoms with Crippen LogP contribution in [0.2, 0.25) is 0 Å². The molecule has 15 aromatic rings. The highest BCUT2D eigenvalue weighted by Crippen LogP contribution is 2.54. The molecule has 0 N–H and O–H groups in total. The Hall–Kier alpha value is -12.2. The Kier molecular flexibility index (Phi) is 14.9. The standard InChI is InChI=1S/C92H67BN4/c1-92(2,3)74-60-85-89-86(61-74)97(76-52-48-67(49-53-76)63-28-12-5-13-29-63)91-80(57-55-78(73-41-23-39-71(59-73)65-32-16-7-17-33-65)88(91)84-45-25-43-82(95-84)69-36-20-9-21-37-69)93(89)79-56-54-77(72-40-22-38-70(58-72)64-30-14-6-15-31-64)87(83-44-24-42-81(94-83)68-34-18-8-19-35-68)90(79)96(85)75-50-46-66(47-51-75)62-26-10-4-11-27-62/h4-61H,1-3H3. The van der Waals surface area contributed by atoms with Crippen LogP contribution in [0.3, 0.4) is 0 Å². The Morgan fingerprint density at radius 3 is 0.918 bits per heavy atom. The summed E-state index contributed by atoms with van der Waals surface area (Å²) in [5.41, 5.74) is 32.3. The third-order valence-corrected chi connectivity index (χ3v) is 19.4. The minimum Gasteiger partial charge on any atom is -0.311 e. The van der Waals surface area contributed by atoms with Gasteiger partial charge >= 0.3 is 0 Å². The van der Waals surface area contributed by atoms with E-state index in [0.29, 0.717) is 0 Å². The van der Waals surface area contributed by atoms with E-state index in [4.69, 9.17) is 9.97 Å². The van der Waals surface area contributed by atoms with Gasteiger partial charge < -0.3 is 9.80 Å². The molecule has 0 radical (unpaired) electrons. The predicted molar refractivity (Wildman–Crippen MR) is 409 cm³/mol. The summed E-state index contributed by atoms with van der Waals surface area (Å²) in [5.74, 6) is 0. The molecule has 458 valence electrons. The van der Waals surface area contributed by atoms with Crippen LogP contribution in [0.1, 0.15) is 26.3 Å². The number of aromatic nitrogens is 2. The van der Waals surface area contributed by atoms with E-state index in [1.807, 2.05) is 0 Å². The monoisotopic (exact) mass is 1240 g/mol. The maximum atomic E-state index is 5.81. The predicted octanol–water partition coefficient (Wildman–Crippen LogP) is 22.5. The summed E-state index contributed by atoms with van der Waals surface area (Å²) in [6.45, 7) is 6.77.